The summed E-state index contributed by atoms with van der Waals surface area (Å²) in [5.74, 6) is 2.00. The van der Waals surface area contributed by atoms with Gasteiger partial charge in [-0.1, -0.05) is 31.9 Å². The maximum Gasteiger partial charge on any atom is 0.227 e. The van der Waals surface area contributed by atoms with Crippen LogP contribution in [0, 0.1) is 17.8 Å². The Balaban J connectivity index is 1.56. The number of hydrogen-bond acceptors (Lipinski definition) is 1. The van der Waals surface area contributed by atoms with E-state index < -0.39 is 0 Å². The van der Waals surface area contributed by atoms with Crippen LogP contribution in [0.25, 0.3) is 0 Å². The number of aryl methyl sites for hydroxylation is 1. The molecule has 1 amide bonds. The van der Waals surface area contributed by atoms with Gasteiger partial charge in [-0.15, -0.1) is 0 Å². The van der Waals surface area contributed by atoms with Crippen LogP contribution in [0.1, 0.15) is 51.0 Å². The zero-order chi connectivity index (χ0) is 13.9. The Labute approximate surface area is 122 Å². The van der Waals surface area contributed by atoms with Crippen molar-refractivity contribution in [1.82, 2.24) is 0 Å². The summed E-state index contributed by atoms with van der Waals surface area (Å²) in [6, 6.07) is 8.39. The highest BCUT2D eigenvalue weighted by Crippen LogP contribution is 2.48. The second-order valence-electron chi connectivity index (χ2n) is 6.57. The van der Waals surface area contributed by atoms with E-state index in [9.17, 15) is 4.79 Å². The van der Waals surface area contributed by atoms with Crippen LogP contribution in [0.3, 0.4) is 0 Å². The van der Waals surface area contributed by atoms with Crippen LogP contribution in [0.2, 0.25) is 0 Å². The largest absolute Gasteiger partial charge is 0.326 e. The van der Waals surface area contributed by atoms with Crippen molar-refractivity contribution < 1.29 is 4.79 Å². The van der Waals surface area contributed by atoms with Crippen LogP contribution in [0.15, 0.2) is 24.3 Å². The average molecular weight is 271 g/mol. The van der Waals surface area contributed by atoms with Crippen LogP contribution in [-0.4, -0.2) is 5.91 Å². The standard InChI is InChI=1S/C18H25NO/c1-2-3-4-13-6-9-16(10-7-13)19-18(20)17-12-14-5-8-15(17)11-14/h6-7,9-10,14-15,17H,2-5,8,11-12H2,1H3,(H,19,20)/t14-,15-,17+/m1/s1. The van der Waals surface area contributed by atoms with Gasteiger partial charge in [-0.3, -0.25) is 4.79 Å². The molecular formula is C18H25NO. The van der Waals surface area contributed by atoms with Crippen molar-refractivity contribution in [2.75, 3.05) is 5.32 Å². The highest BCUT2D eigenvalue weighted by Gasteiger charge is 2.42. The summed E-state index contributed by atoms with van der Waals surface area (Å²) in [6.07, 6.45) is 8.61. The van der Waals surface area contributed by atoms with Gasteiger partial charge in [0.2, 0.25) is 5.91 Å². The van der Waals surface area contributed by atoms with E-state index in [1.54, 1.807) is 0 Å². The lowest BCUT2D eigenvalue weighted by Crippen LogP contribution is -2.27. The Morgan fingerprint density at radius 2 is 2.00 bits per heavy atom. The number of nitrogens with one attached hydrogen (secondary N) is 1. The van der Waals surface area contributed by atoms with Gasteiger partial charge in [-0.25, -0.2) is 0 Å². The Morgan fingerprint density at radius 1 is 1.20 bits per heavy atom. The number of hydrogen-bond donors (Lipinski definition) is 1. The average Bonchev–Trinajstić information content (AvgIpc) is 3.09. The van der Waals surface area contributed by atoms with Gasteiger partial charge in [-0.05, 0) is 61.6 Å². The van der Waals surface area contributed by atoms with Crippen molar-refractivity contribution in [2.24, 2.45) is 17.8 Å². The van der Waals surface area contributed by atoms with Crippen molar-refractivity contribution >= 4 is 11.6 Å². The van der Waals surface area contributed by atoms with Gasteiger partial charge in [0.05, 0.1) is 0 Å². The third-order valence-corrected chi connectivity index (χ3v) is 5.12. The van der Waals surface area contributed by atoms with Gasteiger partial charge in [0.15, 0.2) is 0 Å². The van der Waals surface area contributed by atoms with Gasteiger partial charge >= 0.3 is 0 Å². The lowest BCUT2D eigenvalue weighted by Gasteiger charge is -2.20. The summed E-state index contributed by atoms with van der Waals surface area (Å²) < 4.78 is 0. The summed E-state index contributed by atoms with van der Waals surface area (Å²) in [6.45, 7) is 2.21. The molecule has 2 aliphatic rings. The minimum Gasteiger partial charge on any atom is -0.326 e. The number of anilines is 1. The second-order valence-corrected chi connectivity index (χ2v) is 6.57. The van der Waals surface area contributed by atoms with E-state index in [1.165, 1.54) is 37.7 Å². The van der Waals surface area contributed by atoms with Gasteiger partial charge < -0.3 is 5.32 Å². The van der Waals surface area contributed by atoms with E-state index in [2.05, 4.69) is 36.5 Å². The molecular weight excluding hydrogens is 246 g/mol. The monoisotopic (exact) mass is 271 g/mol. The molecule has 2 nitrogen and oxygen atoms in total. The first kappa shape index (κ1) is 13.7. The summed E-state index contributed by atoms with van der Waals surface area (Å²) in [4.78, 5) is 12.4. The minimum atomic E-state index is 0.249. The lowest BCUT2D eigenvalue weighted by atomic mass is 9.88. The maximum absolute atomic E-state index is 12.4. The zero-order valence-corrected chi connectivity index (χ0v) is 12.4. The zero-order valence-electron chi connectivity index (χ0n) is 12.4. The SMILES string of the molecule is CCCCc1ccc(NC(=O)[C@H]2C[C@@H]3CC[C@@H]2C3)cc1. The number of carbonyl (C=O) groups is 1. The van der Waals surface area contributed by atoms with E-state index >= 15 is 0 Å². The number of unbranched alkanes of at least 4 members (excludes halogenated alkanes) is 1. The van der Waals surface area contributed by atoms with E-state index in [-0.39, 0.29) is 11.8 Å². The topological polar surface area (TPSA) is 29.1 Å². The first-order valence-corrected chi connectivity index (χ1v) is 8.16. The van der Waals surface area contributed by atoms with Gasteiger partial charge in [0.1, 0.15) is 0 Å². The number of carbonyl (C=O) groups excluding carboxylic acids is 1. The minimum absolute atomic E-state index is 0.249. The molecule has 0 spiro atoms. The molecule has 0 unspecified atom stereocenters. The molecule has 0 aromatic heterocycles. The molecule has 1 aromatic rings. The molecule has 0 radical (unpaired) electrons. The molecule has 2 heteroatoms. The summed E-state index contributed by atoms with van der Waals surface area (Å²) in [7, 11) is 0. The van der Waals surface area contributed by atoms with E-state index in [0.717, 1.165) is 24.4 Å². The first-order chi connectivity index (χ1) is 9.76. The van der Waals surface area contributed by atoms with Crippen molar-refractivity contribution in [3.63, 3.8) is 0 Å². The molecule has 2 aliphatic carbocycles. The molecule has 3 rings (SSSR count). The van der Waals surface area contributed by atoms with Crippen molar-refractivity contribution in [2.45, 2.75) is 51.9 Å². The maximum atomic E-state index is 12.4. The fraction of sp³-hybridized carbons (Fsp3) is 0.611. The molecule has 20 heavy (non-hydrogen) atoms. The van der Waals surface area contributed by atoms with Crippen LogP contribution >= 0.6 is 0 Å². The highest BCUT2D eigenvalue weighted by atomic mass is 16.1. The fourth-order valence-corrected chi connectivity index (χ4v) is 3.94. The molecule has 2 bridgehead atoms. The molecule has 0 aliphatic heterocycles. The van der Waals surface area contributed by atoms with Gasteiger partial charge in [0, 0.05) is 11.6 Å². The van der Waals surface area contributed by atoms with Crippen LogP contribution in [-0.2, 0) is 11.2 Å². The molecule has 108 valence electrons. The molecule has 2 fully saturated rings. The predicted octanol–water partition coefficient (Wildman–Crippen LogP) is 4.40. The second kappa shape index (κ2) is 5.99. The Morgan fingerprint density at radius 3 is 2.60 bits per heavy atom. The quantitative estimate of drug-likeness (QED) is 0.844. The number of fused-ring (bicyclic) bond motifs is 2. The van der Waals surface area contributed by atoms with Gasteiger partial charge in [0.25, 0.3) is 0 Å². The smallest absolute Gasteiger partial charge is 0.227 e. The summed E-state index contributed by atoms with van der Waals surface area (Å²) in [5.41, 5.74) is 2.32. The van der Waals surface area contributed by atoms with Crippen LogP contribution < -0.4 is 5.32 Å². The van der Waals surface area contributed by atoms with E-state index in [1.807, 2.05) is 0 Å². The van der Waals surface area contributed by atoms with Crippen LogP contribution in [0.5, 0.6) is 0 Å². The molecule has 1 aromatic carbocycles. The van der Waals surface area contributed by atoms with Crippen molar-refractivity contribution in [3.8, 4) is 0 Å². The fourth-order valence-electron chi connectivity index (χ4n) is 3.94. The lowest BCUT2D eigenvalue weighted by molar-refractivity contribution is -0.121. The Bertz CT molecular complexity index is 465. The normalized spacial score (nSPS) is 27.8. The molecule has 2 saturated carbocycles. The van der Waals surface area contributed by atoms with Gasteiger partial charge in [-0.2, -0.15) is 0 Å². The Hall–Kier alpha value is -1.31. The molecule has 1 N–H and O–H groups in total. The number of benzene rings is 1. The third kappa shape index (κ3) is 2.89. The number of amides is 1. The highest BCUT2D eigenvalue weighted by molar-refractivity contribution is 5.93. The Kier molecular flexibility index (Phi) is 4.09. The molecule has 3 atom stereocenters. The van der Waals surface area contributed by atoms with Crippen molar-refractivity contribution in [3.05, 3.63) is 29.8 Å². The molecule has 0 saturated heterocycles. The third-order valence-electron chi connectivity index (χ3n) is 5.12. The van der Waals surface area contributed by atoms with Crippen LogP contribution in [0.4, 0.5) is 5.69 Å². The first-order valence-electron chi connectivity index (χ1n) is 8.16. The number of rotatable bonds is 5. The van der Waals surface area contributed by atoms with Crippen molar-refractivity contribution in [1.29, 1.82) is 0 Å². The summed E-state index contributed by atoms with van der Waals surface area (Å²) >= 11 is 0. The van der Waals surface area contributed by atoms with E-state index in [0.29, 0.717) is 5.92 Å². The summed E-state index contributed by atoms with van der Waals surface area (Å²) in [5, 5.41) is 3.11. The van der Waals surface area contributed by atoms with E-state index in [4.69, 9.17) is 0 Å². The molecule has 0 heterocycles. The predicted molar refractivity (Wildman–Crippen MR) is 82.6 cm³/mol.